The molecule has 0 aliphatic heterocycles. The predicted molar refractivity (Wildman–Crippen MR) is 127 cm³/mol. The first kappa shape index (κ1) is 23.1. The Kier molecular flexibility index (Phi) is 6.07. The van der Waals surface area contributed by atoms with Crippen LogP contribution in [0.5, 0.6) is 0 Å². The molecule has 1 heterocycles. The molecule has 3 aromatic rings. The van der Waals surface area contributed by atoms with Crippen molar-refractivity contribution in [2.75, 3.05) is 0 Å². The minimum atomic E-state index is -3.75. The SMILES string of the molecule is Cc1ccc(S(=O)(=O)NC(c2cnn(C(C)(C)C)c2-c2cc(F)ccc2Br)C2CC2)cc1. The number of aromatic nitrogens is 2. The van der Waals surface area contributed by atoms with E-state index in [1.165, 1.54) is 12.1 Å². The summed E-state index contributed by atoms with van der Waals surface area (Å²) >= 11 is 3.55. The second kappa shape index (κ2) is 8.39. The minimum Gasteiger partial charge on any atom is -0.259 e. The highest BCUT2D eigenvalue weighted by molar-refractivity contribution is 9.10. The van der Waals surface area contributed by atoms with Gasteiger partial charge in [0, 0.05) is 15.6 Å². The first-order valence-corrected chi connectivity index (χ1v) is 12.9. The zero-order valence-corrected chi connectivity index (χ0v) is 21.0. The Hall–Kier alpha value is -2.03. The Labute approximate surface area is 197 Å². The van der Waals surface area contributed by atoms with Crippen molar-refractivity contribution in [3.63, 3.8) is 0 Å². The van der Waals surface area contributed by atoms with E-state index in [1.807, 2.05) is 32.4 Å². The summed E-state index contributed by atoms with van der Waals surface area (Å²) in [6.07, 6.45) is 3.57. The summed E-state index contributed by atoms with van der Waals surface area (Å²) in [5.41, 5.74) is 2.72. The highest BCUT2D eigenvalue weighted by Crippen LogP contribution is 2.46. The van der Waals surface area contributed by atoms with Gasteiger partial charge in [-0.15, -0.1) is 0 Å². The lowest BCUT2D eigenvalue weighted by Gasteiger charge is -2.25. The Morgan fingerprint density at radius 3 is 2.41 bits per heavy atom. The average Bonchev–Trinajstić information content (AvgIpc) is 3.45. The molecule has 1 atom stereocenters. The summed E-state index contributed by atoms with van der Waals surface area (Å²) in [7, 11) is -3.75. The van der Waals surface area contributed by atoms with Gasteiger partial charge in [-0.2, -0.15) is 5.10 Å². The number of hydrogen-bond acceptors (Lipinski definition) is 3. The first-order chi connectivity index (χ1) is 15.0. The Morgan fingerprint density at radius 1 is 1.16 bits per heavy atom. The fourth-order valence-electron chi connectivity index (χ4n) is 3.84. The molecule has 1 saturated carbocycles. The molecule has 170 valence electrons. The number of rotatable bonds is 6. The standard InChI is InChI=1S/C24H27BrFN3O2S/c1-15-5-10-18(11-6-15)32(30,31)28-22(16-7-8-16)20-14-27-29(24(2,3)4)23(20)19-13-17(26)9-12-21(19)25/h5-6,9-14,16,22,28H,7-8H2,1-4H3. The first-order valence-electron chi connectivity index (χ1n) is 10.6. The molecule has 1 aliphatic rings. The van der Waals surface area contributed by atoms with Gasteiger partial charge in [-0.25, -0.2) is 17.5 Å². The van der Waals surface area contributed by atoms with Crippen LogP contribution in [0.25, 0.3) is 11.3 Å². The van der Waals surface area contributed by atoms with E-state index in [1.54, 1.807) is 36.5 Å². The van der Waals surface area contributed by atoms with Crippen molar-refractivity contribution < 1.29 is 12.8 Å². The van der Waals surface area contributed by atoms with Crippen LogP contribution in [0, 0.1) is 18.7 Å². The fraction of sp³-hybridized carbons (Fsp3) is 0.375. The number of benzene rings is 2. The second-order valence-corrected chi connectivity index (χ2v) is 12.0. The van der Waals surface area contributed by atoms with Crippen molar-refractivity contribution in [1.82, 2.24) is 14.5 Å². The van der Waals surface area contributed by atoms with E-state index >= 15 is 0 Å². The van der Waals surface area contributed by atoms with Crippen molar-refractivity contribution >= 4 is 26.0 Å². The zero-order valence-electron chi connectivity index (χ0n) is 18.6. The molecule has 1 N–H and O–H groups in total. The van der Waals surface area contributed by atoms with E-state index < -0.39 is 16.1 Å². The van der Waals surface area contributed by atoms with Gasteiger partial charge in [0.1, 0.15) is 5.82 Å². The van der Waals surface area contributed by atoms with Crippen LogP contribution in [0.1, 0.15) is 50.8 Å². The van der Waals surface area contributed by atoms with Crippen LogP contribution >= 0.6 is 15.9 Å². The maximum Gasteiger partial charge on any atom is 0.241 e. The summed E-state index contributed by atoms with van der Waals surface area (Å²) in [6, 6.07) is 10.9. The molecule has 2 aromatic carbocycles. The van der Waals surface area contributed by atoms with Gasteiger partial charge in [0.05, 0.1) is 28.4 Å². The van der Waals surface area contributed by atoms with Crippen molar-refractivity contribution in [2.24, 2.45) is 5.92 Å². The average molecular weight is 520 g/mol. The molecule has 4 rings (SSSR count). The van der Waals surface area contributed by atoms with Gasteiger partial charge < -0.3 is 0 Å². The van der Waals surface area contributed by atoms with Gasteiger partial charge >= 0.3 is 0 Å². The maximum atomic E-state index is 14.2. The summed E-state index contributed by atoms with van der Waals surface area (Å²) in [5.74, 6) is -0.196. The van der Waals surface area contributed by atoms with Gasteiger partial charge in [0.25, 0.3) is 0 Å². The third-order valence-corrected chi connectivity index (χ3v) is 7.81. The number of nitrogens with one attached hydrogen (secondary N) is 1. The van der Waals surface area contributed by atoms with Crippen molar-refractivity contribution in [3.8, 4) is 11.3 Å². The Morgan fingerprint density at radius 2 is 1.81 bits per heavy atom. The third kappa shape index (κ3) is 4.67. The number of hydrogen-bond donors (Lipinski definition) is 1. The Balaban J connectivity index is 1.84. The van der Waals surface area contributed by atoms with Gasteiger partial charge in [-0.05, 0) is 76.8 Å². The fourth-order valence-corrected chi connectivity index (χ4v) is 5.56. The van der Waals surface area contributed by atoms with Crippen LogP contribution in [0.2, 0.25) is 0 Å². The lowest BCUT2D eigenvalue weighted by Crippen LogP contribution is -2.31. The molecule has 1 aliphatic carbocycles. The van der Waals surface area contributed by atoms with Crippen LogP contribution in [-0.4, -0.2) is 18.2 Å². The van der Waals surface area contributed by atoms with Gasteiger partial charge in [0.2, 0.25) is 10.0 Å². The van der Waals surface area contributed by atoms with Gasteiger partial charge in [-0.3, -0.25) is 4.68 Å². The number of sulfonamides is 1. The smallest absolute Gasteiger partial charge is 0.241 e. The molecule has 0 bridgehead atoms. The maximum absolute atomic E-state index is 14.2. The van der Waals surface area contributed by atoms with Crippen molar-refractivity contribution in [2.45, 2.75) is 57.0 Å². The quantitative estimate of drug-likeness (QED) is 0.437. The second-order valence-electron chi connectivity index (χ2n) is 9.40. The molecular weight excluding hydrogens is 493 g/mol. The summed E-state index contributed by atoms with van der Waals surface area (Å²) in [5, 5.41) is 4.62. The largest absolute Gasteiger partial charge is 0.259 e. The summed E-state index contributed by atoms with van der Waals surface area (Å²) in [4.78, 5) is 0.227. The highest BCUT2D eigenvalue weighted by Gasteiger charge is 2.39. The molecule has 0 radical (unpaired) electrons. The molecule has 1 unspecified atom stereocenters. The van der Waals surface area contributed by atoms with E-state index in [2.05, 4.69) is 25.8 Å². The molecule has 1 aromatic heterocycles. The lowest BCUT2D eigenvalue weighted by molar-refractivity contribution is 0.359. The molecule has 0 amide bonds. The van der Waals surface area contributed by atoms with Crippen molar-refractivity contribution in [3.05, 3.63) is 70.1 Å². The number of nitrogens with zero attached hydrogens (tertiary/aromatic N) is 2. The zero-order chi connectivity index (χ0) is 23.3. The number of aryl methyl sites for hydroxylation is 1. The third-order valence-electron chi connectivity index (χ3n) is 5.66. The van der Waals surface area contributed by atoms with Gasteiger partial charge in [0.15, 0.2) is 0 Å². The van der Waals surface area contributed by atoms with E-state index in [4.69, 9.17) is 0 Å². The van der Waals surface area contributed by atoms with E-state index in [9.17, 15) is 12.8 Å². The van der Waals surface area contributed by atoms with Crippen molar-refractivity contribution in [1.29, 1.82) is 0 Å². The van der Waals surface area contributed by atoms with E-state index in [0.717, 1.165) is 28.4 Å². The van der Waals surface area contributed by atoms with Crippen LogP contribution < -0.4 is 4.72 Å². The molecule has 0 saturated heterocycles. The monoisotopic (exact) mass is 519 g/mol. The molecule has 32 heavy (non-hydrogen) atoms. The molecule has 5 nitrogen and oxygen atoms in total. The number of halogens is 2. The highest BCUT2D eigenvalue weighted by atomic mass is 79.9. The normalized spacial score (nSPS) is 15.7. The minimum absolute atomic E-state index is 0.166. The van der Waals surface area contributed by atoms with Crippen LogP contribution in [0.4, 0.5) is 4.39 Å². The van der Waals surface area contributed by atoms with Gasteiger partial charge in [-0.1, -0.05) is 33.6 Å². The molecule has 0 spiro atoms. The topological polar surface area (TPSA) is 64.0 Å². The molecule has 8 heteroatoms. The predicted octanol–water partition coefficient (Wildman–Crippen LogP) is 5.94. The summed E-state index contributed by atoms with van der Waals surface area (Å²) < 4.78 is 46.2. The lowest BCUT2D eigenvalue weighted by atomic mass is 9.98. The van der Waals surface area contributed by atoms with Crippen LogP contribution in [0.15, 0.2) is 58.0 Å². The van der Waals surface area contributed by atoms with E-state index in [-0.39, 0.29) is 22.2 Å². The molecular formula is C24H27BrFN3O2S. The molecule has 1 fully saturated rings. The summed E-state index contributed by atoms with van der Waals surface area (Å²) in [6.45, 7) is 7.97. The van der Waals surface area contributed by atoms with Crippen LogP contribution in [0.3, 0.4) is 0 Å². The Bertz CT molecular complexity index is 1240. The van der Waals surface area contributed by atoms with E-state index in [0.29, 0.717) is 11.3 Å². The van der Waals surface area contributed by atoms with Crippen LogP contribution in [-0.2, 0) is 15.6 Å².